The van der Waals surface area contributed by atoms with Crippen LogP contribution in [0.3, 0.4) is 0 Å². The highest BCUT2D eigenvalue weighted by atomic mass is 15.1. The predicted octanol–water partition coefficient (Wildman–Crippen LogP) is 11.6. The second kappa shape index (κ2) is 13.0. The van der Waals surface area contributed by atoms with Crippen molar-refractivity contribution in [3.05, 3.63) is 176 Å². The van der Waals surface area contributed by atoms with Crippen LogP contribution in [0.1, 0.15) is 19.5 Å². The van der Waals surface area contributed by atoms with Gasteiger partial charge in [-0.05, 0) is 72.0 Å². The Balaban J connectivity index is 1.27. The van der Waals surface area contributed by atoms with Gasteiger partial charge in [-0.15, -0.1) is 10.2 Å². The minimum Gasteiger partial charge on any atom is -0.299 e. The van der Waals surface area contributed by atoms with Crippen LogP contribution in [0.5, 0.6) is 0 Å². The Kier molecular flexibility index (Phi) is 7.96. The molecule has 0 amide bonds. The van der Waals surface area contributed by atoms with Crippen LogP contribution in [-0.4, -0.2) is 19.6 Å². The van der Waals surface area contributed by atoms with Crippen molar-refractivity contribution in [3.63, 3.8) is 0 Å². The van der Waals surface area contributed by atoms with Crippen LogP contribution in [0.2, 0.25) is 0 Å². The third-order valence-corrected chi connectivity index (χ3v) is 9.00. The Morgan fingerprint density at radius 2 is 1.10 bits per heavy atom. The summed E-state index contributed by atoms with van der Waals surface area (Å²) in [7, 11) is 0. The van der Waals surface area contributed by atoms with E-state index < -0.39 is 0 Å². The molecule has 0 fully saturated rings. The molecule has 0 aliphatic heterocycles. The molecule has 49 heavy (non-hydrogen) atoms. The van der Waals surface area contributed by atoms with E-state index in [1.807, 2.05) is 38.1 Å². The van der Waals surface area contributed by atoms with Gasteiger partial charge in [0, 0.05) is 33.7 Å². The molecule has 0 atom stereocenters. The van der Waals surface area contributed by atoms with Gasteiger partial charge in [0.15, 0.2) is 0 Å². The third kappa shape index (κ3) is 5.64. The number of nitrogens with zero attached hydrogens (tertiary/aromatic N) is 4. The molecule has 0 saturated carbocycles. The highest BCUT2D eigenvalue weighted by Gasteiger charge is 2.17. The number of aromatic nitrogens is 4. The quantitative estimate of drug-likeness (QED) is 0.165. The van der Waals surface area contributed by atoms with Crippen molar-refractivity contribution in [2.45, 2.75) is 13.8 Å². The summed E-state index contributed by atoms with van der Waals surface area (Å²) in [5, 5.41) is 11.8. The molecule has 8 aromatic rings. The third-order valence-electron chi connectivity index (χ3n) is 9.00. The fourth-order valence-corrected chi connectivity index (χ4v) is 6.64. The predicted molar refractivity (Wildman–Crippen MR) is 204 cm³/mol. The zero-order valence-electron chi connectivity index (χ0n) is 27.5. The lowest BCUT2D eigenvalue weighted by atomic mass is 9.92. The van der Waals surface area contributed by atoms with Crippen LogP contribution in [-0.2, 0) is 0 Å². The summed E-state index contributed by atoms with van der Waals surface area (Å²) in [5.74, 6) is 0. The monoisotopic (exact) mass is 630 g/mol. The summed E-state index contributed by atoms with van der Waals surface area (Å²) in [5.41, 5.74) is 13.5. The molecular weight excluding hydrogens is 597 g/mol. The number of pyridine rings is 1. The maximum absolute atomic E-state index is 5.07. The van der Waals surface area contributed by atoms with Gasteiger partial charge in [0.1, 0.15) is 17.0 Å². The van der Waals surface area contributed by atoms with Crippen LogP contribution >= 0.6 is 0 Å². The smallest absolute Gasteiger partial charge is 0.137 e. The first-order valence-electron chi connectivity index (χ1n) is 16.6. The van der Waals surface area contributed by atoms with E-state index in [0.29, 0.717) is 0 Å². The van der Waals surface area contributed by atoms with Crippen molar-refractivity contribution >= 4 is 22.0 Å². The fourth-order valence-electron chi connectivity index (χ4n) is 6.64. The average molecular weight is 631 g/mol. The van der Waals surface area contributed by atoms with Crippen LogP contribution in [0, 0.1) is 0 Å². The van der Waals surface area contributed by atoms with E-state index >= 15 is 0 Å². The van der Waals surface area contributed by atoms with Gasteiger partial charge >= 0.3 is 0 Å². The van der Waals surface area contributed by atoms with Crippen molar-refractivity contribution in [2.24, 2.45) is 0 Å². The van der Waals surface area contributed by atoms with Gasteiger partial charge in [-0.2, -0.15) is 0 Å². The molecule has 0 bridgehead atoms. The fraction of sp³-hybridized carbons (Fsp3) is 0.0444. The van der Waals surface area contributed by atoms with Gasteiger partial charge < -0.3 is 0 Å². The molecule has 4 heteroatoms. The van der Waals surface area contributed by atoms with Gasteiger partial charge in [-0.3, -0.25) is 4.40 Å². The number of benzene rings is 5. The molecule has 0 spiro atoms. The Labute approximate surface area is 286 Å². The SMILES string of the molecule is C/C=C\C(=C/C)c1nnc(-c2cc(-c3ccccc3)cc(-c3ccc(-c4nc5ccccn5c4-c4ccccc4)cc3)c2)c2ccccc12. The van der Waals surface area contributed by atoms with Crippen molar-refractivity contribution < 1.29 is 0 Å². The van der Waals surface area contributed by atoms with Crippen LogP contribution in [0.15, 0.2) is 170 Å². The summed E-state index contributed by atoms with van der Waals surface area (Å²) in [6, 6.07) is 51.1. The number of hydrogen-bond acceptors (Lipinski definition) is 3. The number of imidazole rings is 1. The molecular formula is C45H34N4. The molecule has 5 aromatic carbocycles. The van der Waals surface area contributed by atoms with E-state index in [1.54, 1.807) is 0 Å². The normalized spacial score (nSPS) is 11.9. The Bertz CT molecular complexity index is 2490. The molecule has 0 saturated heterocycles. The summed E-state index contributed by atoms with van der Waals surface area (Å²) < 4.78 is 2.17. The maximum atomic E-state index is 5.07. The van der Waals surface area contributed by atoms with E-state index in [9.17, 15) is 0 Å². The Morgan fingerprint density at radius 1 is 0.510 bits per heavy atom. The van der Waals surface area contributed by atoms with E-state index in [-0.39, 0.29) is 0 Å². The van der Waals surface area contributed by atoms with Crippen molar-refractivity contribution in [1.82, 2.24) is 19.6 Å². The molecule has 8 rings (SSSR count). The molecule has 0 unspecified atom stereocenters. The lowest BCUT2D eigenvalue weighted by Gasteiger charge is -2.14. The standard InChI is InChI=1S/C45H34N4/c1-3-15-31(4-2)42-39-20-11-12-21-40(39)43(48-47-42)38-29-36(32-16-7-5-8-17-32)28-37(30-38)33-23-25-34(26-24-33)44-45(35-18-9-6-10-19-35)49-27-14-13-22-41(49)46-44/h3-30H,1-2H3/b15-3-,31-4+. The second-order valence-corrected chi connectivity index (χ2v) is 12.0. The Morgan fingerprint density at radius 3 is 1.80 bits per heavy atom. The van der Waals surface area contributed by atoms with E-state index in [2.05, 4.69) is 150 Å². The first-order chi connectivity index (χ1) is 24.2. The summed E-state index contributed by atoms with van der Waals surface area (Å²) in [6.07, 6.45) is 8.29. The number of allylic oxidation sites excluding steroid dienone is 4. The van der Waals surface area contributed by atoms with Gasteiger partial charge in [-0.1, -0.05) is 133 Å². The zero-order valence-corrected chi connectivity index (χ0v) is 27.5. The lowest BCUT2D eigenvalue weighted by Crippen LogP contribution is -1.97. The molecule has 0 N–H and O–H groups in total. The lowest BCUT2D eigenvalue weighted by molar-refractivity contribution is 1.04. The average Bonchev–Trinajstić information content (AvgIpc) is 3.57. The Hall–Kier alpha value is -6.39. The first-order valence-corrected chi connectivity index (χ1v) is 16.6. The molecule has 3 heterocycles. The number of fused-ring (bicyclic) bond motifs is 2. The van der Waals surface area contributed by atoms with Gasteiger partial charge in [0.2, 0.25) is 0 Å². The van der Waals surface area contributed by atoms with Crippen molar-refractivity contribution in [3.8, 4) is 56.0 Å². The molecule has 234 valence electrons. The highest BCUT2D eigenvalue weighted by molar-refractivity contribution is 6.01. The number of hydrogen-bond donors (Lipinski definition) is 0. The van der Waals surface area contributed by atoms with Crippen LogP contribution in [0.25, 0.3) is 78.0 Å². The summed E-state index contributed by atoms with van der Waals surface area (Å²) >= 11 is 0. The van der Waals surface area contributed by atoms with Crippen LogP contribution < -0.4 is 0 Å². The molecule has 0 aliphatic carbocycles. The van der Waals surface area contributed by atoms with E-state index in [0.717, 1.165) is 83.7 Å². The zero-order chi connectivity index (χ0) is 33.2. The second-order valence-electron chi connectivity index (χ2n) is 12.0. The van der Waals surface area contributed by atoms with Crippen LogP contribution in [0.4, 0.5) is 0 Å². The van der Waals surface area contributed by atoms with E-state index in [1.165, 1.54) is 0 Å². The largest absolute Gasteiger partial charge is 0.299 e. The van der Waals surface area contributed by atoms with Crippen molar-refractivity contribution in [2.75, 3.05) is 0 Å². The highest BCUT2D eigenvalue weighted by Crippen LogP contribution is 2.38. The van der Waals surface area contributed by atoms with Crippen molar-refractivity contribution in [1.29, 1.82) is 0 Å². The summed E-state index contributed by atoms with van der Waals surface area (Å²) in [6.45, 7) is 4.06. The first kappa shape index (κ1) is 30.0. The molecule has 3 aromatic heterocycles. The summed E-state index contributed by atoms with van der Waals surface area (Å²) in [4.78, 5) is 5.07. The minimum atomic E-state index is 0.864. The molecule has 4 nitrogen and oxygen atoms in total. The van der Waals surface area contributed by atoms with E-state index in [4.69, 9.17) is 15.2 Å². The topological polar surface area (TPSA) is 43.1 Å². The van der Waals surface area contributed by atoms with Gasteiger partial charge in [0.25, 0.3) is 0 Å². The van der Waals surface area contributed by atoms with Gasteiger partial charge in [-0.25, -0.2) is 4.98 Å². The molecule has 0 aliphatic rings. The molecule has 0 radical (unpaired) electrons. The van der Waals surface area contributed by atoms with Gasteiger partial charge in [0.05, 0.1) is 11.4 Å². The number of rotatable bonds is 7. The minimum absolute atomic E-state index is 0.864. The maximum Gasteiger partial charge on any atom is 0.137 e.